The summed E-state index contributed by atoms with van der Waals surface area (Å²) in [4.78, 5) is 13.8. The number of ether oxygens (including phenoxy) is 1. The van der Waals surface area contributed by atoms with Crippen molar-refractivity contribution in [3.63, 3.8) is 0 Å². The fourth-order valence-corrected chi connectivity index (χ4v) is 3.56. The van der Waals surface area contributed by atoms with Crippen molar-refractivity contribution < 1.29 is 9.53 Å². The lowest BCUT2D eigenvalue weighted by Crippen LogP contribution is -2.40. The highest BCUT2D eigenvalue weighted by molar-refractivity contribution is 9.11. The predicted octanol–water partition coefficient (Wildman–Crippen LogP) is 4.09. The first kappa shape index (κ1) is 15.6. The van der Waals surface area contributed by atoms with E-state index >= 15 is 0 Å². The molecule has 0 spiro atoms. The van der Waals surface area contributed by atoms with Gasteiger partial charge in [0.2, 0.25) is 0 Å². The van der Waals surface area contributed by atoms with E-state index in [1.807, 2.05) is 26.8 Å². The average molecular weight is 406 g/mol. The number of amides is 1. The Bertz CT molecular complexity index is 553. The van der Waals surface area contributed by atoms with Gasteiger partial charge in [-0.25, -0.2) is 4.79 Å². The summed E-state index contributed by atoms with van der Waals surface area (Å²) in [6.45, 7) is 6.80. The lowest BCUT2D eigenvalue weighted by molar-refractivity contribution is 0.0224. The third-order valence-corrected chi connectivity index (χ3v) is 4.65. The van der Waals surface area contributed by atoms with Crippen LogP contribution in [-0.4, -0.2) is 23.1 Å². The van der Waals surface area contributed by atoms with Crippen LogP contribution in [0.1, 0.15) is 31.9 Å². The van der Waals surface area contributed by atoms with E-state index in [2.05, 4.69) is 31.9 Å². The SMILES string of the molecule is CC(C)(C)OC(=O)N1CCc2c(cc(Br)c(N)c2Br)C1. The molecule has 0 aliphatic carbocycles. The van der Waals surface area contributed by atoms with Gasteiger partial charge in [0.05, 0.1) is 5.69 Å². The van der Waals surface area contributed by atoms with E-state index in [1.54, 1.807) is 4.90 Å². The summed E-state index contributed by atoms with van der Waals surface area (Å²) in [5, 5.41) is 0. The third kappa shape index (κ3) is 3.28. The molecule has 0 bridgehead atoms. The summed E-state index contributed by atoms with van der Waals surface area (Å²) in [6, 6.07) is 1.98. The first-order valence-electron chi connectivity index (χ1n) is 6.42. The molecule has 6 heteroatoms. The molecule has 2 N–H and O–H groups in total. The Morgan fingerprint density at radius 1 is 1.40 bits per heavy atom. The zero-order valence-corrected chi connectivity index (χ0v) is 15.0. The number of nitrogens with zero attached hydrogens (tertiary/aromatic N) is 1. The first-order chi connectivity index (χ1) is 9.19. The highest BCUT2D eigenvalue weighted by Gasteiger charge is 2.27. The van der Waals surface area contributed by atoms with E-state index in [-0.39, 0.29) is 6.09 Å². The quantitative estimate of drug-likeness (QED) is 0.661. The zero-order valence-electron chi connectivity index (χ0n) is 11.8. The van der Waals surface area contributed by atoms with Crippen LogP contribution in [0.2, 0.25) is 0 Å². The van der Waals surface area contributed by atoms with Crippen LogP contribution in [0.5, 0.6) is 0 Å². The molecule has 0 radical (unpaired) electrons. The maximum Gasteiger partial charge on any atom is 0.410 e. The second-order valence-corrected chi connectivity index (χ2v) is 7.52. The molecule has 1 aromatic carbocycles. The monoisotopic (exact) mass is 404 g/mol. The molecule has 1 heterocycles. The minimum absolute atomic E-state index is 0.271. The van der Waals surface area contributed by atoms with Gasteiger partial charge < -0.3 is 15.4 Å². The molecule has 4 nitrogen and oxygen atoms in total. The number of halogens is 2. The van der Waals surface area contributed by atoms with Crippen LogP contribution in [0.4, 0.5) is 10.5 Å². The van der Waals surface area contributed by atoms with Crippen LogP contribution in [0.15, 0.2) is 15.0 Å². The van der Waals surface area contributed by atoms with Gasteiger partial charge in [0.1, 0.15) is 5.60 Å². The lowest BCUT2D eigenvalue weighted by atomic mass is 9.99. The highest BCUT2D eigenvalue weighted by Crippen LogP contribution is 2.36. The summed E-state index contributed by atoms with van der Waals surface area (Å²) in [7, 11) is 0. The van der Waals surface area contributed by atoms with Gasteiger partial charge in [0.15, 0.2) is 0 Å². The Morgan fingerprint density at radius 3 is 2.65 bits per heavy atom. The Labute approximate surface area is 135 Å². The standard InChI is InChI=1S/C14H18Br2N2O2/c1-14(2,3)20-13(19)18-5-4-9-8(7-18)6-10(15)12(17)11(9)16/h6H,4-5,7,17H2,1-3H3. The maximum absolute atomic E-state index is 12.1. The molecule has 1 aliphatic heterocycles. The van der Waals surface area contributed by atoms with Crippen molar-refractivity contribution >= 4 is 43.6 Å². The van der Waals surface area contributed by atoms with E-state index in [9.17, 15) is 4.79 Å². The summed E-state index contributed by atoms with van der Waals surface area (Å²) in [5.41, 5.74) is 8.48. The molecule has 1 amide bonds. The fourth-order valence-electron chi connectivity index (χ4n) is 2.15. The van der Waals surface area contributed by atoms with Gasteiger partial charge in [0.25, 0.3) is 0 Å². The van der Waals surface area contributed by atoms with E-state index in [0.717, 1.165) is 20.9 Å². The van der Waals surface area contributed by atoms with Crippen LogP contribution in [0.3, 0.4) is 0 Å². The number of anilines is 1. The largest absolute Gasteiger partial charge is 0.444 e. The molecule has 0 unspecified atom stereocenters. The number of carbonyl (C=O) groups is 1. The second kappa shape index (κ2) is 5.56. The molecular formula is C14H18Br2N2O2. The number of benzene rings is 1. The molecule has 0 aromatic heterocycles. The number of carbonyl (C=O) groups excluding carboxylic acids is 1. The van der Waals surface area contributed by atoms with Crippen LogP contribution in [0.25, 0.3) is 0 Å². The number of hydrogen-bond donors (Lipinski definition) is 1. The summed E-state index contributed by atoms with van der Waals surface area (Å²) < 4.78 is 7.18. The van der Waals surface area contributed by atoms with Gasteiger partial charge in [-0.3, -0.25) is 0 Å². The predicted molar refractivity (Wildman–Crippen MR) is 86.6 cm³/mol. The molecule has 1 aromatic rings. The summed E-state index contributed by atoms with van der Waals surface area (Å²) >= 11 is 6.97. The molecule has 0 fully saturated rings. The molecule has 0 saturated heterocycles. The number of nitrogens with two attached hydrogens (primary N) is 1. The summed E-state index contributed by atoms with van der Waals surface area (Å²) in [5.74, 6) is 0. The van der Waals surface area contributed by atoms with Crippen molar-refractivity contribution in [2.75, 3.05) is 12.3 Å². The maximum atomic E-state index is 12.1. The molecular weight excluding hydrogens is 388 g/mol. The van der Waals surface area contributed by atoms with Crippen LogP contribution in [0, 0.1) is 0 Å². The van der Waals surface area contributed by atoms with Gasteiger partial charge in [-0.05, 0) is 76.2 Å². The van der Waals surface area contributed by atoms with E-state index in [4.69, 9.17) is 10.5 Å². The zero-order chi connectivity index (χ0) is 15.1. The minimum atomic E-state index is -0.473. The molecule has 2 rings (SSSR count). The van der Waals surface area contributed by atoms with E-state index in [1.165, 1.54) is 5.56 Å². The third-order valence-electron chi connectivity index (χ3n) is 3.09. The molecule has 0 atom stereocenters. The van der Waals surface area contributed by atoms with Crippen molar-refractivity contribution in [3.05, 3.63) is 26.1 Å². The molecule has 20 heavy (non-hydrogen) atoms. The highest BCUT2D eigenvalue weighted by atomic mass is 79.9. The molecule has 110 valence electrons. The van der Waals surface area contributed by atoms with Gasteiger partial charge in [-0.15, -0.1) is 0 Å². The number of rotatable bonds is 0. The van der Waals surface area contributed by atoms with Gasteiger partial charge in [-0.1, -0.05) is 0 Å². The fraction of sp³-hybridized carbons (Fsp3) is 0.500. The second-order valence-electron chi connectivity index (χ2n) is 5.88. The summed E-state index contributed by atoms with van der Waals surface area (Å²) in [6.07, 6.45) is 0.499. The molecule has 1 aliphatic rings. The smallest absolute Gasteiger partial charge is 0.410 e. The topological polar surface area (TPSA) is 55.6 Å². The number of fused-ring (bicyclic) bond motifs is 1. The van der Waals surface area contributed by atoms with Crippen LogP contribution in [-0.2, 0) is 17.7 Å². The Hall–Kier alpha value is -0.750. The van der Waals surface area contributed by atoms with E-state index < -0.39 is 5.60 Å². The Kier molecular flexibility index (Phi) is 4.35. The van der Waals surface area contributed by atoms with Crippen molar-refractivity contribution in [1.82, 2.24) is 4.90 Å². The van der Waals surface area contributed by atoms with Gasteiger partial charge in [-0.2, -0.15) is 0 Å². The Morgan fingerprint density at radius 2 is 2.05 bits per heavy atom. The normalized spacial score (nSPS) is 14.9. The Balaban J connectivity index is 2.21. The number of nitrogen functional groups attached to an aromatic ring is 1. The van der Waals surface area contributed by atoms with Crippen molar-refractivity contribution in [1.29, 1.82) is 0 Å². The van der Waals surface area contributed by atoms with E-state index in [0.29, 0.717) is 18.8 Å². The lowest BCUT2D eigenvalue weighted by Gasteiger charge is -2.32. The minimum Gasteiger partial charge on any atom is -0.444 e. The van der Waals surface area contributed by atoms with Gasteiger partial charge >= 0.3 is 6.09 Å². The van der Waals surface area contributed by atoms with Crippen LogP contribution < -0.4 is 5.73 Å². The molecule has 0 saturated carbocycles. The van der Waals surface area contributed by atoms with Gasteiger partial charge in [0, 0.05) is 22.0 Å². The number of hydrogen-bond acceptors (Lipinski definition) is 3. The van der Waals surface area contributed by atoms with Crippen molar-refractivity contribution in [2.24, 2.45) is 0 Å². The van der Waals surface area contributed by atoms with Crippen molar-refractivity contribution in [3.8, 4) is 0 Å². The first-order valence-corrected chi connectivity index (χ1v) is 8.01. The van der Waals surface area contributed by atoms with Crippen molar-refractivity contribution in [2.45, 2.75) is 39.3 Å². The van der Waals surface area contributed by atoms with Crippen LogP contribution >= 0.6 is 31.9 Å². The average Bonchev–Trinajstić information content (AvgIpc) is 2.33.